The molecule has 0 aromatic heterocycles. The van der Waals surface area contributed by atoms with Crippen LogP contribution in [0.5, 0.6) is 0 Å². The van der Waals surface area contributed by atoms with E-state index in [0.29, 0.717) is 12.8 Å². The first kappa shape index (κ1) is 13.8. The number of hydrogen-bond acceptors (Lipinski definition) is 4. The van der Waals surface area contributed by atoms with Crippen LogP contribution in [0.1, 0.15) is 35.7 Å². The summed E-state index contributed by atoms with van der Waals surface area (Å²) in [5, 5.41) is 19.8. The molecule has 94 valence electrons. The number of carbonyl (C=O) groups excluding carboxylic acids is 1. The van der Waals surface area contributed by atoms with E-state index in [-0.39, 0.29) is 11.3 Å². The van der Waals surface area contributed by atoms with Crippen molar-refractivity contribution in [2.45, 2.75) is 26.7 Å². The first-order valence-electron chi connectivity index (χ1n) is 5.70. The number of aryl methyl sites for hydroxylation is 1. The molecule has 1 unspecified atom stereocenters. The zero-order chi connectivity index (χ0) is 13.7. The number of hydrogen-bond donors (Lipinski definition) is 0. The Kier molecular flexibility index (Phi) is 4.55. The van der Waals surface area contributed by atoms with Gasteiger partial charge in [-0.15, -0.1) is 0 Å². The lowest BCUT2D eigenvalue weighted by atomic mass is 9.93. The maximum absolute atomic E-state index is 12.1. The number of ketones is 1. The van der Waals surface area contributed by atoms with E-state index in [0.717, 1.165) is 5.56 Å². The smallest absolute Gasteiger partial charge is 0.280 e. The molecule has 5 heteroatoms. The Morgan fingerprint density at radius 1 is 1.56 bits per heavy atom. The highest BCUT2D eigenvalue weighted by molar-refractivity contribution is 6.02. The van der Waals surface area contributed by atoms with Gasteiger partial charge in [0.25, 0.3) is 5.69 Å². The third kappa shape index (κ3) is 2.92. The number of carbonyl (C=O) groups is 1. The summed E-state index contributed by atoms with van der Waals surface area (Å²) in [6.45, 7) is 3.62. The average molecular weight is 246 g/mol. The van der Waals surface area contributed by atoms with E-state index in [9.17, 15) is 14.9 Å². The van der Waals surface area contributed by atoms with Crippen molar-refractivity contribution in [3.05, 3.63) is 39.4 Å². The molecular formula is C13H14N2O3. The van der Waals surface area contributed by atoms with Crippen molar-refractivity contribution in [1.29, 1.82) is 5.26 Å². The standard InChI is InChI=1S/C13H14N2O3/c1-3-4-10(8-14)13(16)11-7-9(2)5-6-12(11)15(17)18/h5-7,10H,3-4H2,1-2H3. The Bertz CT molecular complexity index is 517. The number of nitro benzene ring substituents is 1. The van der Waals surface area contributed by atoms with Crippen molar-refractivity contribution in [2.75, 3.05) is 0 Å². The Morgan fingerprint density at radius 3 is 2.72 bits per heavy atom. The molecule has 0 spiro atoms. The van der Waals surface area contributed by atoms with E-state index in [4.69, 9.17) is 5.26 Å². The van der Waals surface area contributed by atoms with E-state index < -0.39 is 16.6 Å². The molecule has 0 radical (unpaired) electrons. The molecule has 0 aliphatic heterocycles. The molecule has 0 amide bonds. The minimum atomic E-state index is -0.810. The molecule has 0 saturated carbocycles. The van der Waals surface area contributed by atoms with Gasteiger partial charge >= 0.3 is 0 Å². The fourth-order valence-electron chi connectivity index (χ4n) is 1.74. The highest BCUT2D eigenvalue weighted by Crippen LogP contribution is 2.24. The molecule has 1 aromatic rings. The van der Waals surface area contributed by atoms with Crippen LogP contribution < -0.4 is 0 Å². The lowest BCUT2D eigenvalue weighted by molar-refractivity contribution is -0.385. The van der Waals surface area contributed by atoms with Gasteiger partial charge in [0.05, 0.1) is 16.6 Å². The Hall–Kier alpha value is -2.22. The van der Waals surface area contributed by atoms with Gasteiger partial charge in [-0.2, -0.15) is 5.26 Å². The normalized spacial score (nSPS) is 11.6. The van der Waals surface area contributed by atoms with E-state index in [2.05, 4.69) is 0 Å². The molecule has 0 saturated heterocycles. The Morgan fingerprint density at radius 2 is 2.22 bits per heavy atom. The molecule has 0 bridgehead atoms. The molecule has 0 aliphatic carbocycles. The van der Waals surface area contributed by atoms with Gasteiger partial charge < -0.3 is 0 Å². The Balaban J connectivity index is 3.23. The summed E-state index contributed by atoms with van der Waals surface area (Å²) in [5.74, 6) is -1.27. The van der Waals surface area contributed by atoms with Crippen LogP contribution in [0.4, 0.5) is 5.69 Å². The summed E-state index contributed by atoms with van der Waals surface area (Å²) in [7, 11) is 0. The zero-order valence-electron chi connectivity index (χ0n) is 10.3. The van der Waals surface area contributed by atoms with E-state index in [1.807, 2.05) is 13.0 Å². The van der Waals surface area contributed by atoms with Crippen molar-refractivity contribution in [2.24, 2.45) is 5.92 Å². The Labute approximate surface area is 105 Å². The van der Waals surface area contributed by atoms with Gasteiger partial charge in [-0.1, -0.05) is 19.4 Å². The van der Waals surface area contributed by atoms with Gasteiger partial charge in [0.15, 0.2) is 5.78 Å². The van der Waals surface area contributed by atoms with Crippen LogP contribution in [0.25, 0.3) is 0 Å². The first-order chi connectivity index (χ1) is 8.51. The number of Topliss-reactive ketones (excluding diaryl/α,β-unsaturated/α-hetero) is 1. The predicted octanol–water partition coefficient (Wildman–Crippen LogP) is 3.03. The fraction of sp³-hybridized carbons (Fsp3) is 0.385. The van der Waals surface area contributed by atoms with Gasteiger partial charge in [0.1, 0.15) is 5.92 Å². The fourth-order valence-corrected chi connectivity index (χ4v) is 1.74. The van der Waals surface area contributed by atoms with Crippen LogP contribution >= 0.6 is 0 Å². The van der Waals surface area contributed by atoms with Crippen LogP contribution in [0.3, 0.4) is 0 Å². The quantitative estimate of drug-likeness (QED) is 0.454. The van der Waals surface area contributed by atoms with Gasteiger partial charge in [-0.25, -0.2) is 0 Å². The minimum absolute atomic E-state index is 0.0278. The molecule has 0 N–H and O–H groups in total. The van der Waals surface area contributed by atoms with Crippen LogP contribution in [0, 0.1) is 34.3 Å². The monoisotopic (exact) mass is 246 g/mol. The molecule has 0 fully saturated rings. The highest BCUT2D eigenvalue weighted by Gasteiger charge is 2.26. The van der Waals surface area contributed by atoms with Crippen LogP contribution in [0.15, 0.2) is 18.2 Å². The largest absolute Gasteiger partial charge is 0.292 e. The number of rotatable bonds is 5. The summed E-state index contributed by atoms with van der Waals surface area (Å²) in [6.07, 6.45) is 1.10. The summed E-state index contributed by atoms with van der Waals surface area (Å²) in [4.78, 5) is 22.4. The van der Waals surface area contributed by atoms with Crippen LogP contribution in [-0.4, -0.2) is 10.7 Å². The predicted molar refractivity (Wildman–Crippen MR) is 66.2 cm³/mol. The molecule has 18 heavy (non-hydrogen) atoms. The second-order valence-corrected chi connectivity index (χ2v) is 4.11. The SMILES string of the molecule is CCCC(C#N)C(=O)c1cc(C)ccc1[N+](=O)[O-]. The third-order valence-electron chi connectivity index (χ3n) is 2.66. The van der Waals surface area contributed by atoms with Crippen molar-refractivity contribution in [3.8, 4) is 6.07 Å². The van der Waals surface area contributed by atoms with E-state index in [1.165, 1.54) is 12.1 Å². The van der Waals surface area contributed by atoms with Crippen molar-refractivity contribution < 1.29 is 9.72 Å². The zero-order valence-corrected chi connectivity index (χ0v) is 10.3. The number of nitriles is 1. The van der Waals surface area contributed by atoms with E-state index >= 15 is 0 Å². The molecule has 1 atom stereocenters. The second-order valence-electron chi connectivity index (χ2n) is 4.11. The molecule has 1 rings (SSSR count). The maximum Gasteiger partial charge on any atom is 0.280 e. The van der Waals surface area contributed by atoms with Crippen molar-refractivity contribution in [1.82, 2.24) is 0 Å². The second kappa shape index (κ2) is 5.92. The first-order valence-corrected chi connectivity index (χ1v) is 5.70. The van der Waals surface area contributed by atoms with Gasteiger partial charge in [-0.3, -0.25) is 14.9 Å². The topological polar surface area (TPSA) is 84.0 Å². The average Bonchev–Trinajstić information content (AvgIpc) is 2.34. The molecule has 1 aromatic carbocycles. The molecule has 0 aliphatic rings. The van der Waals surface area contributed by atoms with Crippen molar-refractivity contribution >= 4 is 11.5 Å². The summed E-state index contributed by atoms with van der Waals surface area (Å²) < 4.78 is 0. The lowest BCUT2D eigenvalue weighted by Gasteiger charge is -2.07. The molecule has 5 nitrogen and oxygen atoms in total. The van der Waals surface area contributed by atoms with Crippen LogP contribution in [-0.2, 0) is 0 Å². The summed E-state index contributed by atoms with van der Waals surface area (Å²) in [5.41, 5.74) is 0.555. The maximum atomic E-state index is 12.1. The summed E-state index contributed by atoms with van der Waals surface area (Å²) >= 11 is 0. The number of nitro groups is 1. The third-order valence-corrected chi connectivity index (χ3v) is 2.66. The molecular weight excluding hydrogens is 232 g/mol. The van der Waals surface area contributed by atoms with Crippen molar-refractivity contribution in [3.63, 3.8) is 0 Å². The molecule has 0 heterocycles. The van der Waals surface area contributed by atoms with E-state index in [1.54, 1.807) is 13.0 Å². The van der Waals surface area contributed by atoms with Gasteiger partial charge in [-0.05, 0) is 25.0 Å². The lowest BCUT2D eigenvalue weighted by Crippen LogP contribution is -2.14. The highest BCUT2D eigenvalue weighted by atomic mass is 16.6. The van der Waals surface area contributed by atoms with Gasteiger partial charge in [0, 0.05) is 6.07 Å². The van der Waals surface area contributed by atoms with Crippen LogP contribution in [0.2, 0.25) is 0 Å². The van der Waals surface area contributed by atoms with Gasteiger partial charge in [0.2, 0.25) is 0 Å². The summed E-state index contributed by atoms with van der Waals surface area (Å²) in [6, 6.07) is 6.28. The number of nitrogens with zero attached hydrogens (tertiary/aromatic N) is 2. The number of benzene rings is 1. The minimum Gasteiger partial charge on any atom is -0.292 e.